The lowest BCUT2D eigenvalue weighted by Gasteiger charge is -2.08. The fourth-order valence-corrected chi connectivity index (χ4v) is 1.35. The quantitative estimate of drug-likeness (QED) is 0.766. The second-order valence-corrected chi connectivity index (χ2v) is 3.07. The predicted molar refractivity (Wildman–Crippen MR) is 55.1 cm³/mol. The van der Waals surface area contributed by atoms with Gasteiger partial charge >= 0.3 is 0 Å². The molecule has 2 N–H and O–H groups in total. The van der Waals surface area contributed by atoms with Crippen molar-refractivity contribution in [1.82, 2.24) is 0 Å². The van der Waals surface area contributed by atoms with Crippen LogP contribution in [0.15, 0.2) is 18.2 Å². The molecule has 1 aromatic carbocycles. The molecular weight excluding hydrogens is 162 g/mol. The summed E-state index contributed by atoms with van der Waals surface area (Å²) in [6.07, 6.45) is 0.938. The zero-order chi connectivity index (χ0) is 9.68. The molecule has 0 saturated heterocycles. The SMILES string of the molecule is CCOc1ccc(CCN)cc1C. The Bertz CT molecular complexity index is 271. The molecule has 0 radical (unpaired) electrons. The van der Waals surface area contributed by atoms with E-state index in [0.717, 1.165) is 18.8 Å². The van der Waals surface area contributed by atoms with Crippen LogP contribution in [0.25, 0.3) is 0 Å². The molecule has 0 unspecified atom stereocenters. The molecule has 0 bridgehead atoms. The van der Waals surface area contributed by atoms with Crippen molar-refractivity contribution in [3.8, 4) is 5.75 Å². The summed E-state index contributed by atoms with van der Waals surface area (Å²) >= 11 is 0. The first kappa shape index (κ1) is 10.1. The molecule has 72 valence electrons. The van der Waals surface area contributed by atoms with Gasteiger partial charge in [0.05, 0.1) is 6.61 Å². The second kappa shape index (κ2) is 4.87. The molecule has 0 aliphatic heterocycles. The number of rotatable bonds is 4. The van der Waals surface area contributed by atoms with E-state index >= 15 is 0 Å². The number of benzene rings is 1. The van der Waals surface area contributed by atoms with Gasteiger partial charge in [0.1, 0.15) is 5.75 Å². The largest absolute Gasteiger partial charge is 0.494 e. The van der Waals surface area contributed by atoms with E-state index in [0.29, 0.717) is 6.54 Å². The van der Waals surface area contributed by atoms with Crippen LogP contribution in [0.2, 0.25) is 0 Å². The molecule has 0 spiro atoms. The van der Waals surface area contributed by atoms with E-state index in [1.54, 1.807) is 0 Å². The summed E-state index contributed by atoms with van der Waals surface area (Å²) in [5, 5.41) is 0. The molecule has 2 heteroatoms. The first-order valence-corrected chi connectivity index (χ1v) is 4.70. The highest BCUT2D eigenvalue weighted by molar-refractivity contribution is 5.36. The van der Waals surface area contributed by atoms with Crippen LogP contribution in [0.1, 0.15) is 18.1 Å². The molecule has 0 aromatic heterocycles. The third kappa shape index (κ3) is 2.74. The molecular formula is C11H17NO. The van der Waals surface area contributed by atoms with E-state index in [1.165, 1.54) is 11.1 Å². The van der Waals surface area contributed by atoms with E-state index in [2.05, 4.69) is 19.1 Å². The van der Waals surface area contributed by atoms with Gasteiger partial charge in [-0.3, -0.25) is 0 Å². The molecule has 0 saturated carbocycles. The second-order valence-electron chi connectivity index (χ2n) is 3.07. The molecule has 0 atom stereocenters. The molecule has 1 rings (SSSR count). The molecule has 0 heterocycles. The number of hydrogen-bond donors (Lipinski definition) is 1. The summed E-state index contributed by atoms with van der Waals surface area (Å²) in [6, 6.07) is 6.23. The van der Waals surface area contributed by atoms with Gasteiger partial charge in [-0.2, -0.15) is 0 Å². The third-order valence-electron chi connectivity index (χ3n) is 1.97. The van der Waals surface area contributed by atoms with Gasteiger partial charge in [0.15, 0.2) is 0 Å². The van der Waals surface area contributed by atoms with E-state index < -0.39 is 0 Å². The summed E-state index contributed by atoms with van der Waals surface area (Å²) in [4.78, 5) is 0. The molecule has 1 aromatic rings. The van der Waals surface area contributed by atoms with Crippen LogP contribution in [0.3, 0.4) is 0 Å². The summed E-state index contributed by atoms with van der Waals surface area (Å²) in [5.41, 5.74) is 7.94. The topological polar surface area (TPSA) is 35.2 Å². The number of nitrogens with two attached hydrogens (primary N) is 1. The summed E-state index contributed by atoms with van der Waals surface area (Å²) < 4.78 is 5.44. The maximum Gasteiger partial charge on any atom is 0.122 e. The van der Waals surface area contributed by atoms with Crippen molar-refractivity contribution >= 4 is 0 Å². The average Bonchev–Trinajstić information content (AvgIpc) is 2.10. The smallest absolute Gasteiger partial charge is 0.122 e. The van der Waals surface area contributed by atoms with E-state index in [4.69, 9.17) is 10.5 Å². The molecule has 0 fully saturated rings. The zero-order valence-electron chi connectivity index (χ0n) is 8.34. The Kier molecular flexibility index (Phi) is 3.77. The average molecular weight is 179 g/mol. The summed E-state index contributed by atoms with van der Waals surface area (Å²) in [7, 11) is 0. The van der Waals surface area contributed by atoms with Crippen LogP contribution in [-0.2, 0) is 6.42 Å². The van der Waals surface area contributed by atoms with Crippen LogP contribution in [0, 0.1) is 6.92 Å². The maximum absolute atomic E-state index is 5.48. The van der Waals surface area contributed by atoms with Crippen molar-refractivity contribution in [2.24, 2.45) is 5.73 Å². The van der Waals surface area contributed by atoms with Gasteiger partial charge in [0.2, 0.25) is 0 Å². The Balaban J connectivity index is 2.79. The fraction of sp³-hybridized carbons (Fsp3) is 0.455. The molecule has 0 amide bonds. The van der Waals surface area contributed by atoms with Crippen LogP contribution >= 0.6 is 0 Å². The van der Waals surface area contributed by atoms with Gasteiger partial charge in [0, 0.05) is 0 Å². The summed E-state index contributed by atoms with van der Waals surface area (Å²) in [5.74, 6) is 0.975. The van der Waals surface area contributed by atoms with Crippen LogP contribution in [0.5, 0.6) is 5.75 Å². The lowest BCUT2D eigenvalue weighted by molar-refractivity contribution is 0.338. The minimum atomic E-state index is 0.702. The van der Waals surface area contributed by atoms with Crippen molar-refractivity contribution in [1.29, 1.82) is 0 Å². The Hall–Kier alpha value is -1.02. The minimum Gasteiger partial charge on any atom is -0.494 e. The van der Waals surface area contributed by atoms with Crippen LogP contribution < -0.4 is 10.5 Å². The van der Waals surface area contributed by atoms with Crippen molar-refractivity contribution < 1.29 is 4.74 Å². The van der Waals surface area contributed by atoms with Crippen molar-refractivity contribution in [3.63, 3.8) is 0 Å². The number of ether oxygens (including phenoxy) is 1. The molecule has 0 aliphatic rings. The molecule has 0 aliphatic carbocycles. The predicted octanol–water partition coefficient (Wildman–Crippen LogP) is 1.89. The van der Waals surface area contributed by atoms with Crippen LogP contribution in [-0.4, -0.2) is 13.2 Å². The van der Waals surface area contributed by atoms with Gasteiger partial charge in [0.25, 0.3) is 0 Å². The molecule has 2 nitrogen and oxygen atoms in total. The lowest BCUT2D eigenvalue weighted by Crippen LogP contribution is -2.03. The van der Waals surface area contributed by atoms with Gasteiger partial charge in [-0.25, -0.2) is 0 Å². The number of aryl methyl sites for hydroxylation is 1. The van der Waals surface area contributed by atoms with Gasteiger partial charge in [-0.1, -0.05) is 12.1 Å². The van der Waals surface area contributed by atoms with Gasteiger partial charge in [-0.15, -0.1) is 0 Å². The van der Waals surface area contributed by atoms with Crippen molar-refractivity contribution in [2.45, 2.75) is 20.3 Å². The maximum atomic E-state index is 5.48. The third-order valence-corrected chi connectivity index (χ3v) is 1.97. The van der Waals surface area contributed by atoms with Gasteiger partial charge < -0.3 is 10.5 Å². The normalized spacial score (nSPS) is 10.1. The highest BCUT2D eigenvalue weighted by Crippen LogP contribution is 2.18. The van der Waals surface area contributed by atoms with Crippen molar-refractivity contribution in [3.05, 3.63) is 29.3 Å². The number of hydrogen-bond acceptors (Lipinski definition) is 2. The van der Waals surface area contributed by atoms with Crippen molar-refractivity contribution in [2.75, 3.05) is 13.2 Å². The van der Waals surface area contributed by atoms with Crippen LogP contribution in [0.4, 0.5) is 0 Å². The molecule has 13 heavy (non-hydrogen) atoms. The lowest BCUT2D eigenvalue weighted by atomic mass is 10.1. The van der Waals surface area contributed by atoms with E-state index in [9.17, 15) is 0 Å². The zero-order valence-corrected chi connectivity index (χ0v) is 8.34. The monoisotopic (exact) mass is 179 g/mol. The standard InChI is InChI=1S/C11H17NO/c1-3-13-11-5-4-10(6-7-12)8-9(11)2/h4-5,8H,3,6-7,12H2,1-2H3. The summed E-state index contributed by atoms with van der Waals surface area (Å²) in [6.45, 7) is 5.47. The Morgan fingerprint density at radius 3 is 2.69 bits per heavy atom. The minimum absolute atomic E-state index is 0.702. The first-order valence-electron chi connectivity index (χ1n) is 4.70. The Morgan fingerprint density at radius 1 is 1.38 bits per heavy atom. The van der Waals surface area contributed by atoms with E-state index in [1.807, 2.05) is 13.0 Å². The Labute approximate surface area is 79.7 Å². The van der Waals surface area contributed by atoms with Gasteiger partial charge in [-0.05, 0) is 44.0 Å². The Morgan fingerprint density at radius 2 is 2.15 bits per heavy atom. The van der Waals surface area contributed by atoms with E-state index in [-0.39, 0.29) is 0 Å². The fourth-order valence-electron chi connectivity index (χ4n) is 1.35. The highest BCUT2D eigenvalue weighted by atomic mass is 16.5. The highest BCUT2D eigenvalue weighted by Gasteiger charge is 1.99. The first-order chi connectivity index (χ1) is 6.27.